The van der Waals surface area contributed by atoms with Gasteiger partial charge in [0, 0.05) is 23.2 Å². The first kappa shape index (κ1) is 26.2. The zero-order valence-electron chi connectivity index (χ0n) is 21.8. The first-order valence-corrected chi connectivity index (χ1v) is 13.1. The third-order valence-electron chi connectivity index (χ3n) is 8.98. The van der Waals surface area contributed by atoms with Gasteiger partial charge in [-0.2, -0.15) is 0 Å². The lowest BCUT2D eigenvalue weighted by Gasteiger charge is -2.50. The van der Waals surface area contributed by atoms with Gasteiger partial charge >= 0.3 is 0 Å². The number of Topliss-reactive ketones (excluding diaryl/α,β-unsaturated/α-hetero) is 2. The molecule has 0 saturated heterocycles. The van der Waals surface area contributed by atoms with Crippen LogP contribution in [-0.2, 0) is 16.0 Å². The predicted octanol–water partition coefficient (Wildman–Crippen LogP) is 2.11. The number of hydrogen-bond donors (Lipinski definition) is 6. The molecule has 4 aliphatic carbocycles. The fourth-order valence-corrected chi connectivity index (χ4v) is 7.01. The maximum Gasteiger partial charge on any atom is 0.255 e. The molecule has 1 fully saturated rings. The summed E-state index contributed by atoms with van der Waals surface area (Å²) in [6.45, 7) is 2.23. The van der Waals surface area contributed by atoms with Crippen LogP contribution < -0.4 is 11.1 Å². The van der Waals surface area contributed by atoms with Crippen LogP contribution in [0.25, 0.3) is 0 Å². The number of amides is 1. The number of likely N-dealkylation sites (N-methyl/N-ethyl adjacent to an activating group) is 1. The largest absolute Gasteiger partial charge is 0.510 e. The SMILES string of the molecule is CC1CCC(Nc2ccc(O)c3c2CC2CC4C(N(C)C)C(O)=C(C(N)=O)C(=O)C4(O)C(O)=C2C3=O)CC1. The fourth-order valence-electron chi connectivity index (χ4n) is 7.01. The van der Waals surface area contributed by atoms with E-state index in [-0.39, 0.29) is 35.8 Å². The Balaban J connectivity index is 1.61. The molecule has 1 amide bonds. The Labute approximate surface area is 220 Å². The van der Waals surface area contributed by atoms with Crippen LogP contribution in [-0.4, -0.2) is 74.6 Å². The molecule has 38 heavy (non-hydrogen) atoms. The average Bonchev–Trinajstić information content (AvgIpc) is 2.84. The van der Waals surface area contributed by atoms with E-state index in [2.05, 4.69) is 12.2 Å². The van der Waals surface area contributed by atoms with Crippen LogP contribution in [0.15, 0.2) is 34.8 Å². The summed E-state index contributed by atoms with van der Waals surface area (Å²) in [5, 5.41) is 48.2. The molecule has 0 aliphatic heterocycles. The van der Waals surface area contributed by atoms with E-state index < -0.39 is 58.0 Å². The highest BCUT2D eigenvalue weighted by molar-refractivity contribution is 6.24. The molecule has 204 valence electrons. The Morgan fingerprint density at radius 1 is 1.11 bits per heavy atom. The van der Waals surface area contributed by atoms with E-state index in [9.17, 15) is 34.8 Å². The van der Waals surface area contributed by atoms with Crippen LogP contribution in [0.2, 0.25) is 0 Å². The molecule has 0 spiro atoms. The Morgan fingerprint density at radius 3 is 2.37 bits per heavy atom. The summed E-state index contributed by atoms with van der Waals surface area (Å²) in [5.41, 5.74) is 3.18. The Hall–Kier alpha value is -3.37. The van der Waals surface area contributed by atoms with Crippen LogP contribution in [0.1, 0.15) is 54.9 Å². The highest BCUT2D eigenvalue weighted by Gasteiger charge is 2.63. The Bertz CT molecular complexity index is 1290. The van der Waals surface area contributed by atoms with Gasteiger partial charge in [0.05, 0.1) is 11.6 Å². The molecule has 4 unspecified atom stereocenters. The topological polar surface area (TPSA) is 173 Å². The first-order valence-electron chi connectivity index (χ1n) is 13.1. The van der Waals surface area contributed by atoms with Crippen LogP contribution >= 0.6 is 0 Å². The molecule has 0 radical (unpaired) electrons. The number of aliphatic hydroxyl groups excluding tert-OH is 2. The van der Waals surface area contributed by atoms with E-state index in [1.807, 2.05) is 0 Å². The minimum absolute atomic E-state index is 0.0277. The van der Waals surface area contributed by atoms with Crippen molar-refractivity contribution in [2.45, 2.75) is 63.1 Å². The molecular formula is C28H35N3O7. The second-order valence-corrected chi connectivity index (χ2v) is 11.6. The summed E-state index contributed by atoms with van der Waals surface area (Å²) in [6, 6.07) is 2.42. The first-order chi connectivity index (χ1) is 17.9. The van der Waals surface area contributed by atoms with Gasteiger partial charge in [0.15, 0.2) is 11.4 Å². The number of primary amides is 1. The second-order valence-electron chi connectivity index (χ2n) is 11.6. The average molecular weight is 526 g/mol. The highest BCUT2D eigenvalue weighted by atomic mass is 16.3. The van der Waals surface area contributed by atoms with E-state index in [0.29, 0.717) is 11.5 Å². The summed E-state index contributed by atoms with van der Waals surface area (Å²) in [5.74, 6) is -5.79. The van der Waals surface area contributed by atoms with Gasteiger partial charge in [-0.05, 0) is 82.2 Å². The maximum atomic E-state index is 13.8. The summed E-state index contributed by atoms with van der Waals surface area (Å²) in [6.07, 6.45) is 4.54. The molecule has 10 heteroatoms. The van der Waals surface area contributed by atoms with Crippen molar-refractivity contribution in [1.29, 1.82) is 0 Å². The number of benzene rings is 1. The number of aromatic hydroxyl groups is 1. The van der Waals surface area contributed by atoms with Gasteiger partial charge in [0.2, 0.25) is 5.78 Å². The van der Waals surface area contributed by atoms with Crippen molar-refractivity contribution in [2.75, 3.05) is 19.4 Å². The summed E-state index contributed by atoms with van der Waals surface area (Å²) in [4.78, 5) is 40.8. The lowest BCUT2D eigenvalue weighted by atomic mass is 9.58. The summed E-state index contributed by atoms with van der Waals surface area (Å²) < 4.78 is 0. The Morgan fingerprint density at radius 2 is 1.76 bits per heavy atom. The molecule has 0 bridgehead atoms. The third kappa shape index (κ3) is 3.72. The van der Waals surface area contributed by atoms with E-state index in [4.69, 9.17) is 5.73 Å². The number of fused-ring (bicyclic) bond motifs is 3. The van der Waals surface area contributed by atoms with E-state index in [1.54, 1.807) is 25.1 Å². The zero-order chi connectivity index (χ0) is 27.7. The van der Waals surface area contributed by atoms with Crippen molar-refractivity contribution in [3.05, 3.63) is 45.9 Å². The lowest BCUT2D eigenvalue weighted by molar-refractivity contribution is -0.148. The number of carbonyl (C=O) groups excluding carboxylic acids is 3. The van der Waals surface area contributed by atoms with Gasteiger partial charge in [0.1, 0.15) is 22.8 Å². The molecule has 1 saturated carbocycles. The predicted molar refractivity (Wildman–Crippen MR) is 139 cm³/mol. The number of nitrogens with two attached hydrogens (primary N) is 1. The van der Waals surface area contributed by atoms with Crippen molar-refractivity contribution in [3.63, 3.8) is 0 Å². The van der Waals surface area contributed by atoms with Gasteiger partial charge in [-0.15, -0.1) is 0 Å². The minimum Gasteiger partial charge on any atom is -0.510 e. The van der Waals surface area contributed by atoms with E-state index in [0.717, 1.165) is 31.4 Å². The molecule has 5 rings (SSSR count). The van der Waals surface area contributed by atoms with Gasteiger partial charge in [-0.3, -0.25) is 19.3 Å². The van der Waals surface area contributed by atoms with Crippen molar-refractivity contribution in [2.24, 2.45) is 23.5 Å². The van der Waals surface area contributed by atoms with Gasteiger partial charge in [-0.1, -0.05) is 6.92 Å². The van der Waals surface area contributed by atoms with Crippen LogP contribution in [0, 0.1) is 17.8 Å². The molecule has 4 atom stereocenters. The number of nitrogens with zero attached hydrogens (tertiary/aromatic N) is 1. The minimum atomic E-state index is -2.63. The standard InChI is InChI=1S/C28H35N3O7/c1-12-4-6-14(7-5-12)30-17-8-9-18(32)20-15(17)10-13-11-16-22(31(2)3)24(34)21(27(29)37)26(36)28(16,38)25(35)19(13)23(20)33/h8-9,12-14,16,22,30,32,34-35,38H,4-7,10-11H2,1-3H3,(H2,29,37). The number of phenols is 1. The molecule has 1 aromatic rings. The van der Waals surface area contributed by atoms with Crippen molar-refractivity contribution in [3.8, 4) is 5.75 Å². The van der Waals surface area contributed by atoms with Crippen molar-refractivity contribution >= 4 is 23.2 Å². The van der Waals surface area contributed by atoms with Crippen LogP contribution in [0.4, 0.5) is 5.69 Å². The smallest absolute Gasteiger partial charge is 0.255 e. The number of ketones is 2. The molecular weight excluding hydrogens is 490 g/mol. The molecule has 10 nitrogen and oxygen atoms in total. The van der Waals surface area contributed by atoms with Gasteiger partial charge < -0.3 is 31.5 Å². The quantitative estimate of drug-likeness (QED) is 0.254. The van der Waals surface area contributed by atoms with Crippen LogP contribution in [0.3, 0.4) is 0 Å². The fraction of sp³-hybridized carbons (Fsp3) is 0.536. The number of hydrogen-bond acceptors (Lipinski definition) is 9. The summed E-state index contributed by atoms with van der Waals surface area (Å²) in [7, 11) is 3.22. The van der Waals surface area contributed by atoms with Crippen LogP contribution in [0.5, 0.6) is 5.75 Å². The van der Waals surface area contributed by atoms with Gasteiger partial charge in [0.25, 0.3) is 5.91 Å². The third-order valence-corrected chi connectivity index (χ3v) is 8.98. The number of phenolic OH excluding ortho intramolecular Hbond substituents is 1. The van der Waals surface area contributed by atoms with Crippen molar-refractivity contribution in [1.82, 2.24) is 4.90 Å². The van der Waals surface area contributed by atoms with Crippen molar-refractivity contribution < 1.29 is 34.8 Å². The maximum absolute atomic E-state index is 13.8. The number of allylic oxidation sites excluding steroid dienone is 1. The summed E-state index contributed by atoms with van der Waals surface area (Å²) >= 11 is 0. The lowest BCUT2D eigenvalue weighted by Crippen LogP contribution is -2.63. The Kier molecular flexibility index (Phi) is 6.30. The molecule has 7 N–H and O–H groups in total. The van der Waals surface area contributed by atoms with Gasteiger partial charge in [-0.25, -0.2) is 0 Å². The number of carbonyl (C=O) groups is 3. The number of anilines is 1. The number of nitrogens with one attached hydrogen (secondary N) is 1. The monoisotopic (exact) mass is 525 g/mol. The highest BCUT2D eigenvalue weighted by Crippen LogP contribution is 2.53. The molecule has 1 aromatic carbocycles. The molecule has 0 aromatic heterocycles. The second kappa shape index (κ2) is 9.13. The zero-order valence-corrected chi connectivity index (χ0v) is 21.8. The normalized spacial score (nSPS) is 33.1. The molecule has 4 aliphatic rings. The number of rotatable bonds is 4. The van der Waals surface area contributed by atoms with E-state index >= 15 is 0 Å². The number of aliphatic hydroxyl groups is 3. The molecule has 0 heterocycles. The van der Waals surface area contributed by atoms with E-state index in [1.165, 1.54) is 6.07 Å².